The van der Waals surface area contributed by atoms with Crippen molar-refractivity contribution < 1.29 is 14.3 Å². The zero-order valence-electron chi connectivity index (χ0n) is 15.2. The Bertz CT molecular complexity index is 600. The van der Waals surface area contributed by atoms with Crippen LogP contribution in [0.1, 0.15) is 38.7 Å². The molecule has 1 saturated heterocycles. The van der Waals surface area contributed by atoms with E-state index >= 15 is 0 Å². The van der Waals surface area contributed by atoms with Gasteiger partial charge in [0.1, 0.15) is 5.75 Å². The molecule has 1 aromatic rings. The molecule has 0 atom stereocenters. The summed E-state index contributed by atoms with van der Waals surface area (Å²) in [5.74, 6) is 1.50. The van der Waals surface area contributed by atoms with Gasteiger partial charge in [0.05, 0.1) is 12.5 Å². The van der Waals surface area contributed by atoms with Gasteiger partial charge >= 0.3 is 0 Å². The standard InChI is InChI=1S/C20H28N2O3/c1-15(2)25-18-8-6-16(7-9-18)14-19(23)21-10-12-22(13-11-21)20(24)17-4-3-5-17/h6-9,15,17H,3-5,10-14H2,1-2H3. The van der Waals surface area contributed by atoms with Crippen LogP contribution in [-0.2, 0) is 16.0 Å². The number of carbonyl (C=O) groups is 2. The Morgan fingerprint density at radius 3 is 2.16 bits per heavy atom. The molecule has 0 unspecified atom stereocenters. The predicted molar refractivity (Wildman–Crippen MR) is 96.4 cm³/mol. The topological polar surface area (TPSA) is 49.9 Å². The molecule has 0 aromatic heterocycles. The van der Waals surface area contributed by atoms with Crippen LogP contribution >= 0.6 is 0 Å². The van der Waals surface area contributed by atoms with Crippen molar-refractivity contribution in [1.82, 2.24) is 9.80 Å². The molecule has 3 rings (SSSR count). The summed E-state index contributed by atoms with van der Waals surface area (Å²) in [7, 11) is 0. The lowest BCUT2D eigenvalue weighted by Gasteiger charge is -2.38. The highest BCUT2D eigenvalue weighted by Crippen LogP contribution is 2.28. The van der Waals surface area contributed by atoms with Crippen molar-refractivity contribution in [2.45, 2.75) is 45.6 Å². The van der Waals surface area contributed by atoms with Gasteiger partial charge < -0.3 is 14.5 Å². The van der Waals surface area contributed by atoms with E-state index in [4.69, 9.17) is 4.74 Å². The van der Waals surface area contributed by atoms with Gasteiger partial charge in [0.15, 0.2) is 0 Å². The second-order valence-electron chi connectivity index (χ2n) is 7.32. The first kappa shape index (κ1) is 17.8. The van der Waals surface area contributed by atoms with Gasteiger partial charge in [-0.1, -0.05) is 18.6 Å². The highest BCUT2D eigenvalue weighted by Gasteiger charge is 2.31. The molecule has 0 radical (unpaired) electrons. The maximum atomic E-state index is 12.5. The van der Waals surface area contributed by atoms with Crippen molar-refractivity contribution in [3.05, 3.63) is 29.8 Å². The average molecular weight is 344 g/mol. The molecule has 25 heavy (non-hydrogen) atoms. The molecule has 1 heterocycles. The van der Waals surface area contributed by atoms with Crippen LogP contribution in [0.2, 0.25) is 0 Å². The summed E-state index contributed by atoms with van der Waals surface area (Å²) in [4.78, 5) is 28.6. The summed E-state index contributed by atoms with van der Waals surface area (Å²) in [6.45, 7) is 6.61. The first-order valence-electron chi connectivity index (χ1n) is 9.35. The number of benzene rings is 1. The Labute approximate surface area is 149 Å². The molecule has 2 aliphatic rings. The molecule has 5 heteroatoms. The normalized spacial score (nSPS) is 18.2. The number of piperazine rings is 1. The van der Waals surface area contributed by atoms with Gasteiger partial charge in [0.2, 0.25) is 11.8 Å². The zero-order valence-corrected chi connectivity index (χ0v) is 15.2. The Hall–Kier alpha value is -2.04. The minimum absolute atomic E-state index is 0.133. The van der Waals surface area contributed by atoms with Crippen molar-refractivity contribution in [3.8, 4) is 5.75 Å². The van der Waals surface area contributed by atoms with Gasteiger partial charge in [-0.05, 0) is 44.4 Å². The number of nitrogens with zero attached hydrogens (tertiary/aromatic N) is 2. The second kappa shape index (κ2) is 7.89. The fraction of sp³-hybridized carbons (Fsp3) is 0.600. The van der Waals surface area contributed by atoms with Crippen LogP contribution in [-0.4, -0.2) is 53.9 Å². The van der Waals surface area contributed by atoms with Crippen LogP contribution in [0.25, 0.3) is 0 Å². The molecule has 1 aromatic carbocycles. The SMILES string of the molecule is CC(C)Oc1ccc(CC(=O)N2CCN(C(=O)C3CCC3)CC2)cc1. The van der Waals surface area contributed by atoms with Gasteiger partial charge in [-0.15, -0.1) is 0 Å². The average Bonchev–Trinajstić information content (AvgIpc) is 2.54. The second-order valence-corrected chi connectivity index (χ2v) is 7.32. The van der Waals surface area contributed by atoms with Crippen LogP contribution in [0.4, 0.5) is 0 Å². The van der Waals surface area contributed by atoms with Crippen molar-refractivity contribution in [3.63, 3.8) is 0 Å². The molecule has 2 amide bonds. The summed E-state index contributed by atoms with van der Waals surface area (Å²) >= 11 is 0. The summed E-state index contributed by atoms with van der Waals surface area (Å²) in [5.41, 5.74) is 0.995. The number of hydrogen-bond acceptors (Lipinski definition) is 3. The monoisotopic (exact) mass is 344 g/mol. The van der Waals surface area contributed by atoms with Crippen LogP contribution in [0, 0.1) is 5.92 Å². The lowest BCUT2D eigenvalue weighted by molar-refractivity contribution is -0.143. The van der Waals surface area contributed by atoms with Crippen LogP contribution in [0.5, 0.6) is 5.75 Å². The molecule has 1 aliphatic heterocycles. The fourth-order valence-corrected chi connectivity index (χ4v) is 3.33. The van der Waals surface area contributed by atoms with Crippen molar-refractivity contribution in [2.75, 3.05) is 26.2 Å². The van der Waals surface area contributed by atoms with E-state index in [0.717, 1.165) is 24.2 Å². The van der Waals surface area contributed by atoms with Crippen molar-refractivity contribution >= 4 is 11.8 Å². The minimum atomic E-state index is 0.133. The van der Waals surface area contributed by atoms with E-state index in [9.17, 15) is 9.59 Å². The number of amides is 2. The number of ether oxygens (including phenoxy) is 1. The number of rotatable bonds is 5. The zero-order chi connectivity index (χ0) is 17.8. The molecule has 2 fully saturated rings. The molecule has 1 aliphatic carbocycles. The fourth-order valence-electron chi connectivity index (χ4n) is 3.33. The maximum absolute atomic E-state index is 12.5. The molecular weight excluding hydrogens is 316 g/mol. The highest BCUT2D eigenvalue weighted by molar-refractivity contribution is 5.81. The molecule has 0 N–H and O–H groups in total. The van der Waals surface area contributed by atoms with Crippen LogP contribution < -0.4 is 4.74 Å². The molecule has 1 saturated carbocycles. The first-order chi connectivity index (χ1) is 12.0. The predicted octanol–water partition coefficient (Wildman–Crippen LogP) is 2.49. The quantitative estimate of drug-likeness (QED) is 0.824. The van der Waals surface area contributed by atoms with Crippen LogP contribution in [0.15, 0.2) is 24.3 Å². The lowest BCUT2D eigenvalue weighted by atomic mass is 9.84. The minimum Gasteiger partial charge on any atom is -0.491 e. The molecular formula is C20H28N2O3. The van der Waals surface area contributed by atoms with Gasteiger partial charge in [0, 0.05) is 32.1 Å². The Morgan fingerprint density at radius 1 is 1.04 bits per heavy atom. The van der Waals surface area contributed by atoms with E-state index < -0.39 is 0 Å². The van der Waals surface area contributed by atoms with Crippen molar-refractivity contribution in [2.24, 2.45) is 5.92 Å². The van der Waals surface area contributed by atoms with E-state index in [1.165, 1.54) is 6.42 Å². The van der Waals surface area contributed by atoms with Gasteiger partial charge in [0.25, 0.3) is 0 Å². The summed E-state index contributed by atoms with van der Waals surface area (Å²) in [6.07, 6.45) is 3.80. The molecule has 0 spiro atoms. The lowest BCUT2D eigenvalue weighted by Crippen LogP contribution is -2.52. The van der Waals surface area contributed by atoms with E-state index in [1.54, 1.807) is 0 Å². The molecule has 136 valence electrons. The third-order valence-electron chi connectivity index (χ3n) is 5.05. The van der Waals surface area contributed by atoms with Gasteiger partial charge in [-0.2, -0.15) is 0 Å². The number of hydrogen-bond donors (Lipinski definition) is 0. The Morgan fingerprint density at radius 2 is 1.64 bits per heavy atom. The van der Waals surface area contributed by atoms with E-state index in [-0.39, 0.29) is 17.9 Å². The largest absolute Gasteiger partial charge is 0.491 e. The van der Waals surface area contributed by atoms with Gasteiger partial charge in [-0.3, -0.25) is 9.59 Å². The Balaban J connectivity index is 1.46. The summed E-state index contributed by atoms with van der Waals surface area (Å²) in [6, 6.07) is 7.73. The van der Waals surface area contributed by atoms with E-state index in [0.29, 0.717) is 38.5 Å². The third kappa shape index (κ3) is 4.53. The third-order valence-corrected chi connectivity index (χ3v) is 5.05. The van der Waals surface area contributed by atoms with E-state index in [2.05, 4.69) is 0 Å². The van der Waals surface area contributed by atoms with Gasteiger partial charge in [-0.25, -0.2) is 0 Å². The first-order valence-corrected chi connectivity index (χ1v) is 9.35. The van der Waals surface area contributed by atoms with Crippen LogP contribution in [0.3, 0.4) is 0 Å². The summed E-state index contributed by atoms with van der Waals surface area (Å²) in [5, 5.41) is 0. The maximum Gasteiger partial charge on any atom is 0.227 e. The van der Waals surface area contributed by atoms with E-state index in [1.807, 2.05) is 47.9 Å². The smallest absolute Gasteiger partial charge is 0.227 e. The molecule has 5 nitrogen and oxygen atoms in total. The number of carbonyl (C=O) groups excluding carboxylic acids is 2. The van der Waals surface area contributed by atoms with Crippen molar-refractivity contribution in [1.29, 1.82) is 0 Å². The Kier molecular flexibility index (Phi) is 5.61. The highest BCUT2D eigenvalue weighted by atomic mass is 16.5. The summed E-state index contributed by atoms with van der Waals surface area (Å²) < 4.78 is 5.63. The molecule has 0 bridgehead atoms.